The lowest BCUT2D eigenvalue weighted by Gasteiger charge is -2.40. The number of benzene rings is 3. The first-order chi connectivity index (χ1) is 17.0. The van der Waals surface area contributed by atoms with Gasteiger partial charge in [-0.25, -0.2) is 8.78 Å². The Morgan fingerprint density at radius 2 is 1.14 bits per heavy atom. The Hall–Kier alpha value is -3.42. The van der Waals surface area contributed by atoms with Gasteiger partial charge in [0.15, 0.2) is 0 Å². The normalized spacial score (nSPS) is 16.8. The van der Waals surface area contributed by atoms with Crippen LogP contribution in [0.3, 0.4) is 0 Å². The van der Waals surface area contributed by atoms with Crippen LogP contribution in [0.2, 0.25) is 0 Å². The molecule has 7 heteroatoms. The van der Waals surface area contributed by atoms with Crippen molar-refractivity contribution < 1.29 is 18.4 Å². The fraction of sp³-hybridized carbons (Fsp3) is 0.286. The zero-order valence-electron chi connectivity index (χ0n) is 19.4. The van der Waals surface area contributed by atoms with Gasteiger partial charge in [-0.15, -0.1) is 0 Å². The Labute approximate surface area is 203 Å². The Morgan fingerprint density at radius 3 is 1.63 bits per heavy atom. The molecule has 0 aliphatic carbocycles. The highest BCUT2D eigenvalue weighted by atomic mass is 19.1. The molecule has 0 aromatic heterocycles. The smallest absolute Gasteiger partial charge is 0.261 e. The summed E-state index contributed by atoms with van der Waals surface area (Å²) in [6.07, 6.45) is 0.713. The zero-order chi connectivity index (χ0) is 24.4. The zero-order valence-corrected chi connectivity index (χ0v) is 19.4. The molecule has 35 heavy (non-hydrogen) atoms. The number of hydrogen-bond acceptors (Lipinski definition) is 4. The van der Waals surface area contributed by atoms with Crippen LogP contribution in [0.1, 0.15) is 44.3 Å². The highest BCUT2D eigenvalue weighted by Crippen LogP contribution is 2.30. The molecule has 0 spiro atoms. The van der Waals surface area contributed by atoms with Crippen LogP contribution in [0, 0.1) is 11.6 Å². The molecule has 180 valence electrons. The molecule has 2 heterocycles. The number of imide groups is 1. The maximum absolute atomic E-state index is 13.5. The molecule has 5 nitrogen and oxygen atoms in total. The average Bonchev–Trinajstić information content (AvgIpc) is 3.12. The number of piperazine rings is 1. The van der Waals surface area contributed by atoms with E-state index in [-0.39, 0.29) is 29.5 Å². The van der Waals surface area contributed by atoms with Gasteiger partial charge in [-0.3, -0.25) is 19.4 Å². The van der Waals surface area contributed by atoms with E-state index in [9.17, 15) is 18.4 Å². The molecule has 0 bridgehead atoms. The first-order valence-corrected chi connectivity index (χ1v) is 11.9. The number of rotatable bonds is 7. The van der Waals surface area contributed by atoms with Crippen LogP contribution in [-0.4, -0.2) is 65.8 Å². The molecule has 0 radical (unpaired) electrons. The first-order valence-electron chi connectivity index (χ1n) is 11.9. The van der Waals surface area contributed by atoms with E-state index in [4.69, 9.17) is 0 Å². The second-order valence-electron chi connectivity index (χ2n) is 9.04. The van der Waals surface area contributed by atoms with Crippen molar-refractivity contribution in [3.05, 3.63) is 107 Å². The largest absolute Gasteiger partial charge is 0.301 e. The summed E-state index contributed by atoms with van der Waals surface area (Å²) in [6, 6.07) is 19.9. The lowest BCUT2D eigenvalue weighted by Crippen LogP contribution is -2.48. The van der Waals surface area contributed by atoms with Gasteiger partial charge in [0.2, 0.25) is 0 Å². The molecular weight excluding hydrogens is 448 g/mol. The molecule has 2 aliphatic heterocycles. The van der Waals surface area contributed by atoms with Gasteiger partial charge in [0, 0.05) is 32.7 Å². The van der Waals surface area contributed by atoms with Gasteiger partial charge < -0.3 is 4.90 Å². The van der Waals surface area contributed by atoms with Crippen molar-refractivity contribution in [1.29, 1.82) is 0 Å². The van der Waals surface area contributed by atoms with E-state index in [1.54, 1.807) is 48.5 Å². The summed E-state index contributed by atoms with van der Waals surface area (Å²) in [5, 5.41) is 0. The van der Waals surface area contributed by atoms with E-state index in [1.165, 1.54) is 29.2 Å². The highest BCUT2D eigenvalue weighted by molar-refractivity contribution is 6.21. The van der Waals surface area contributed by atoms with Crippen LogP contribution in [-0.2, 0) is 0 Å². The van der Waals surface area contributed by atoms with E-state index in [2.05, 4.69) is 9.80 Å². The minimum atomic E-state index is -0.283. The summed E-state index contributed by atoms with van der Waals surface area (Å²) < 4.78 is 27.1. The number of carbonyl (C=O) groups is 2. The monoisotopic (exact) mass is 475 g/mol. The maximum Gasteiger partial charge on any atom is 0.261 e. The molecule has 0 saturated carbocycles. The van der Waals surface area contributed by atoms with E-state index in [0.29, 0.717) is 24.1 Å². The Bertz CT molecular complexity index is 1130. The number of fused-ring (bicyclic) bond motifs is 1. The predicted molar refractivity (Wildman–Crippen MR) is 129 cm³/mol. The quantitative estimate of drug-likeness (QED) is 0.477. The van der Waals surface area contributed by atoms with Crippen molar-refractivity contribution in [3.63, 3.8) is 0 Å². The number of halogens is 2. The topological polar surface area (TPSA) is 43.9 Å². The second-order valence-corrected chi connectivity index (χ2v) is 9.04. The van der Waals surface area contributed by atoms with E-state index in [1.807, 2.05) is 0 Å². The van der Waals surface area contributed by atoms with Gasteiger partial charge in [-0.05, 0) is 60.5 Å². The fourth-order valence-electron chi connectivity index (χ4n) is 5.04. The minimum absolute atomic E-state index is 0.0864. The summed E-state index contributed by atoms with van der Waals surface area (Å²) in [4.78, 5) is 31.1. The van der Waals surface area contributed by atoms with Gasteiger partial charge in [0.25, 0.3) is 11.8 Å². The number of amides is 2. The van der Waals surface area contributed by atoms with Crippen LogP contribution in [0.4, 0.5) is 8.78 Å². The third-order valence-electron chi connectivity index (χ3n) is 6.88. The van der Waals surface area contributed by atoms with Crippen LogP contribution in [0.5, 0.6) is 0 Å². The van der Waals surface area contributed by atoms with Crippen LogP contribution in [0.15, 0.2) is 72.8 Å². The van der Waals surface area contributed by atoms with Gasteiger partial charge in [-0.2, -0.15) is 0 Å². The van der Waals surface area contributed by atoms with Crippen molar-refractivity contribution in [3.8, 4) is 0 Å². The summed E-state index contributed by atoms with van der Waals surface area (Å²) in [7, 11) is 0. The molecule has 2 amide bonds. The van der Waals surface area contributed by atoms with Gasteiger partial charge >= 0.3 is 0 Å². The van der Waals surface area contributed by atoms with E-state index < -0.39 is 0 Å². The van der Waals surface area contributed by atoms with Crippen LogP contribution < -0.4 is 0 Å². The molecule has 1 saturated heterocycles. The second kappa shape index (κ2) is 10.1. The summed E-state index contributed by atoms with van der Waals surface area (Å²) in [6.45, 7) is 4.46. The SMILES string of the molecule is O=C1c2ccccc2C(=O)N1CCCN1CCN(C(c2ccc(F)cc2)c2ccc(F)cc2)CC1. The molecule has 2 aliphatic rings. The molecular formula is C28H27F2N3O2. The van der Waals surface area contributed by atoms with Gasteiger partial charge in [0.05, 0.1) is 17.2 Å². The van der Waals surface area contributed by atoms with Crippen molar-refractivity contribution in [2.24, 2.45) is 0 Å². The molecule has 0 unspecified atom stereocenters. The first kappa shape index (κ1) is 23.3. The number of carbonyl (C=O) groups excluding carboxylic acids is 2. The lowest BCUT2D eigenvalue weighted by atomic mass is 9.96. The van der Waals surface area contributed by atoms with Crippen LogP contribution in [0.25, 0.3) is 0 Å². The standard InChI is InChI=1S/C28H27F2N3O2/c29-22-10-6-20(7-11-22)26(21-8-12-23(30)13-9-21)32-18-16-31(17-19-32)14-3-15-33-27(34)24-4-1-2-5-25(24)28(33)35/h1-2,4-13,26H,3,14-19H2. The summed E-state index contributed by atoms with van der Waals surface area (Å²) in [5.74, 6) is -0.988. The third-order valence-corrected chi connectivity index (χ3v) is 6.88. The molecule has 0 N–H and O–H groups in total. The summed E-state index contributed by atoms with van der Waals surface area (Å²) in [5.41, 5.74) is 2.91. The maximum atomic E-state index is 13.5. The Kier molecular flexibility index (Phi) is 6.70. The van der Waals surface area contributed by atoms with Crippen molar-refractivity contribution in [1.82, 2.24) is 14.7 Å². The van der Waals surface area contributed by atoms with E-state index >= 15 is 0 Å². The number of nitrogens with zero attached hydrogens (tertiary/aromatic N) is 3. The minimum Gasteiger partial charge on any atom is -0.301 e. The molecule has 1 fully saturated rings. The van der Waals surface area contributed by atoms with Crippen molar-refractivity contribution in [2.75, 3.05) is 39.3 Å². The van der Waals surface area contributed by atoms with Crippen molar-refractivity contribution >= 4 is 11.8 Å². The summed E-state index contributed by atoms with van der Waals surface area (Å²) >= 11 is 0. The Morgan fingerprint density at radius 1 is 0.657 bits per heavy atom. The average molecular weight is 476 g/mol. The lowest BCUT2D eigenvalue weighted by molar-refractivity contribution is 0.0637. The predicted octanol–water partition coefficient (Wildman–Crippen LogP) is 4.36. The van der Waals surface area contributed by atoms with E-state index in [0.717, 1.165) is 43.9 Å². The molecule has 3 aromatic rings. The fourth-order valence-corrected chi connectivity index (χ4v) is 5.04. The highest BCUT2D eigenvalue weighted by Gasteiger charge is 2.34. The number of hydrogen-bond donors (Lipinski definition) is 0. The molecule has 0 atom stereocenters. The van der Waals surface area contributed by atoms with Gasteiger partial charge in [0.1, 0.15) is 11.6 Å². The van der Waals surface area contributed by atoms with Crippen LogP contribution >= 0.6 is 0 Å². The Balaban J connectivity index is 1.19. The third kappa shape index (κ3) is 4.88. The molecule has 3 aromatic carbocycles. The molecule has 5 rings (SSSR count). The van der Waals surface area contributed by atoms with Crippen molar-refractivity contribution in [2.45, 2.75) is 12.5 Å². The van der Waals surface area contributed by atoms with Gasteiger partial charge in [-0.1, -0.05) is 36.4 Å².